The molecule has 0 fully saturated rings. The average Bonchev–Trinajstić information content (AvgIpc) is 2.79. The van der Waals surface area contributed by atoms with Crippen LogP contribution in [0, 0.1) is 0 Å². The molecule has 0 radical (unpaired) electrons. The number of phenols is 1. The average molecular weight is 434 g/mol. The van der Waals surface area contributed by atoms with E-state index in [2.05, 4.69) is 5.32 Å². The number of nitrogens with one attached hydrogen (secondary N) is 1. The molecule has 1 atom stereocenters. The van der Waals surface area contributed by atoms with E-state index in [4.69, 9.17) is 10.5 Å². The third kappa shape index (κ3) is 6.50. The Morgan fingerprint density at radius 2 is 1.62 bits per heavy atom. The van der Waals surface area contributed by atoms with Crippen molar-refractivity contribution in [1.29, 1.82) is 0 Å². The number of carbonyl (C=O) groups is 2. The number of nitrogen functional groups attached to an aromatic ring is 1. The molecule has 0 saturated carbocycles. The normalized spacial score (nSPS) is 11.5. The maximum absolute atomic E-state index is 12.7. The first kappa shape index (κ1) is 22.7. The second kappa shape index (κ2) is 10.9. The molecular weight excluding hydrogens is 408 g/mol. The molecule has 0 heterocycles. The third-order valence-electron chi connectivity index (χ3n) is 5.03. The molecule has 3 rings (SSSR count). The Morgan fingerprint density at radius 3 is 2.31 bits per heavy atom. The van der Waals surface area contributed by atoms with Gasteiger partial charge in [-0.1, -0.05) is 42.5 Å². The predicted molar refractivity (Wildman–Crippen MR) is 122 cm³/mol. The molecule has 32 heavy (non-hydrogen) atoms. The number of rotatable bonds is 10. The van der Waals surface area contributed by atoms with Crippen molar-refractivity contribution < 1.29 is 24.5 Å². The van der Waals surface area contributed by atoms with Gasteiger partial charge >= 0.3 is 5.97 Å². The van der Waals surface area contributed by atoms with Crippen LogP contribution < -0.4 is 15.8 Å². The highest BCUT2D eigenvalue weighted by molar-refractivity contribution is 5.97. The number of carboxylic acid groups (broad SMARTS) is 1. The van der Waals surface area contributed by atoms with Crippen LogP contribution in [0.4, 0.5) is 5.69 Å². The fourth-order valence-corrected chi connectivity index (χ4v) is 3.20. The standard InChI is InChI=1S/C25H26N2O5/c26-21-12-9-19(16-23(21)32-15-14-18-6-10-20(28)11-7-18)24(29)27-22(25(30)31)13-8-17-4-2-1-3-5-17/h1-7,9-12,16,22,28H,8,13-15,26H2,(H,27,29)(H,30,31). The summed E-state index contributed by atoms with van der Waals surface area (Å²) in [4.78, 5) is 24.3. The smallest absolute Gasteiger partial charge is 0.326 e. The van der Waals surface area contributed by atoms with Gasteiger partial charge in [-0.25, -0.2) is 4.79 Å². The summed E-state index contributed by atoms with van der Waals surface area (Å²) in [5, 5.41) is 21.4. The van der Waals surface area contributed by atoms with Gasteiger partial charge in [0.25, 0.3) is 5.91 Å². The molecule has 0 saturated heterocycles. The number of aromatic hydroxyl groups is 1. The largest absolute Gasteiger partial charge is 0.508 e. The van der Waals surface area contributed by atoms with Crippen LogP contribution in [0.15, 0.2) is 72.8 Å². The number of nitrogens with two attached hydrogens (primary N) is 1. The van der Waals surface area contributed by atoms with Gasteiger partial charge in [-0.15, -0.1) is 0 Å². The van der Waals surface area contributed by atoms with Gasteiger partial charge in [0.05, 0.1) is 12.3 Å². The number of carbonyl (C=O) groups excluding carboxylic acids is 1. The number of hydrogen-bond acceptors (Lipinski definition) is 5. The molecule has 0 aromatic heterocycles. The van der Waals surface area contributed by atoms with E-state index in [1.165, 1.54) is 12.1 Å². The van der Waals surface area contributed by atoms with E-state index in [1.54, 1.807) is 30.3 Å². The van der Waals surface area contributed by atoms with Gasteiger partial charge in [0, 0.05) is 12.0 Å². The number of hydrogen-bond donors (Lipinski definition) is 4. The Balaban J connectivity index is 1.59. The lowest BCUT2D eigenvalue weighted by molar-refractivity contribution is -0.139. The highest BCUT2D eigenvalue weighted by atomic mass is 16.5. The van der Waals surface area contributed by atoms with Crippen molar-refractivity contribution >= 4 is 17.6 Å². The number of anilines is 1. The van der Waals surface area contributed by atoms with Crippen LogP contribution >= 0.6 is 0 Å². The second-order valence-corrected chi connectivity index (χ2v) is 7.41. The lowest BCUT2D eigenvalue weighted by Crippen LogP contribution is -2.41. The molecule has 0 aliphatic heterocycles. The van der Waals surface area contributed by atoms with E-state index in [-0.39, 0.29) is 17.7 Å². The van der Waals surface area contributed by atoms with E-state index < -0.39 is 17.9 Å². The van der Waals surface area contributed by atoms with Crippen molar-refractivity contribution in [1.82, 2.24) is 5.32 Å². The van der Waals surface area contributed by atoms with Crippen LogP contribution in [-0.2, 0) is 17.6 Å². The maximum atomic E-state index is 12.7. The minimum absolute atomic E-state index is 0.195. The van der Waals surface area contributed by atoms with Crippen molar-refractivity contribution in [3.63, 3.8) is 0 Å². The number of ether oxygens (including phenoxy) is 1. The Bertz CT molecular complexity index is 1050. The molecule has 0 spiro atoms. The zero-order valence-electron chi connectivity index (χ0n) is 17.5. The van der Waals surface area contributed by atoms with E-state index in [9.17, 15) is 19.8 Å². The zero-order chi connectivity index (χ0) is 22.9. The summed E-state index contributed by atoms with van der Waals surface area (Å²) in [5.41, 5.74) is 8.60. The van der Waals surface area contributed by atoms with Crippen LogP contribution in [-0.4, -0.2) is 34.7 Å². The van der Waals surface area contributed by atoms with Gasteiger partial charge in [-0.05, 0) is 54.3 Å². The number of amides is 1. The maximum Gasteiger partial charge on any atom is 0.326 e. The second-order valence-electron chi connectivity index (χ2n) is 7.41. The first-order chi connectivity index (χ1) is 15.4. The van der Waals surface area contributed by atoms with Crippen molar-refractivity contribution in [3.05, 3.63) is 89.5 Å². The monoisotopic (exact) mass is 434 g/mol. The van der Waals surface area contributed by atoms with E-state index in [0.717, 1.165) is 11.1 Å². The van der Waals surface area contributed by atoms with E-state index >= 15 is 0 Å². The van der Waals surface area contributed by atoms with Gasteiger partial charge < -0.3 is 26.0 Å². The fourth-order valence-electron chi connectivity index (χ4n) is 3.20. The van der Waals surface area contributed by atoms with E-state index in [1.807, 2.05) is 30.3 Å². The summed E-state index contributed by atoms with van der Waals surface area (Å²) >= 11 is 0. The molecule has 3 aromatic carbocycles. The van der Waals surface area contributed by atoms with Crippen LogP contribution in [0.3, 0.4) is 0 Å². The van der Waals surface area contributed by atoms with Crippen molar-refractivity contribution in [3.8, 4) is 11.5 Å². The van der Waals surface area contributed by atoms with Crippen LogP contribution in [0.1, 0.15) is 27.9 Å². The summed E-state index contributed by atoms with van der Waals surface area (Å²) in [6, 6.07) is 19.9. The van der Waals surface area contributed by atoms with Gasteiger partial charge in [0.2, 0.25) is 0 Å². The minimum Gasteiger partial charge on any atom is -0.508 e. The Hall–Kier alpha value is -4.00. The predicted octanol–water partition coefficient (Wildman–Crippen LogP) is 3.41. The highest BCUT2D eigenvalue weighted by Crippen LogP contribution is 2.23. The Kier molecular flexibility index (Phi) is 7.70. The van der Waals surface area contributed by atoms with Crippen molar-refractivity contribution in [2.24, 2.45) is 0 Å². The summed E-state index contributed by atoms with van der Waals surface area (Å²) in [6.45, 7) is 0.328. The van der Waals surface area contributed by atoms with Crippen LogP contribution in [0.2, 0.25) is 0 Å². The van der Waals surface area contributed by atoms with Crippen molar-refractivity contribution in [2.45, 2.75) is 25.3 Å². The molecule has 1 unspecified atom stereocenters. The van der Waals surface area contributed by atoms with Crippen LogP contribution in [0.5, 0.6) is 11.5 Å². The molecule has 0 bridgehead atoms. The van der Waals surface area contributed by atoms with Gasteiger partial charge in [0.15, 0.2) is 0 Å². The summed E-state index contributed by atoms with van der Waals surface area (Å²) < 4.78 is 5.74. The molecule has 7 heteroatoms. The summed E-state index contributed by atoms with van der Waals surface area (Å²) in [6.07, 6.45) is 1.40. The van der Waals surface area contributed by atoms with E-state index in [0.29, 0.717) is 30.9 Å². The number of benzene rings is 3. The lowest BCUT2D eigenvalue weighted by Gasteiger charge is -2.16. The topological polar surface area (TPSA) is 122 Å². The molecule has 5 N–H and O–H groups in total. The first-order valence-electron chi connectivity index (χ1n) is 10.3. The fraction of sp³-hybridized carbons (Fsp3) is 0.200. The quantitative estimate of drug-likeness (QED) is 0.363. The van der Waals surface area contributed by atoms with Crippen LogP contribution in [0.25, 0.3) is 0 Å². The van der Waals surface area contributed by atoms with Crippen molar-refractivity contribution in [2.75, 3.05) is 12.3 Å². The molecule has 0 aliphatic rings. The lowest BCUT2D eigenvalue weighted by atomic mass is 10.0. The van der Waals surface area contributed by atoms with Gasteiger partial charge in [-0.2, -0.15) is 0 Å². The summed E-state index contributed by atoms with van der Waals surface area (Å²) in [7, 11) is 0. The molecule has 1 amide bonds. The molecule has 166 valence electrons. The molecule has 0 aliphatic carbocycles. The molecular formula is C25H26N2O5. The summed E-state index contributed by atoms with van der Waals surface area (Å²) in [5.74, 6) is -1.04. The number of carboxylic acids is 1. The number of phenolic OH excluding ortho intramolecular Hbond substituents is 1. The number of aliphatic carboxylic acids is 1. The minimum atomic E-state index is -1.09. The number of aryl methyl sites for hydroxylation is 1. The Labute approximate surface area is 186 Å². The molecule has 3 aromatic rings. The first-order valence-corrected chi connectivity index (χ1v) is 10.3. The SMILES string of the molecule is Nc1ccc(C(=O)NC(CCc2ccccc2)C(=O)O)cc1OCCc1ccc(O)cc1. The molecule has 7 nitrogen and oxygen atoms in total. The zero-order valence-corrected chi connectivity index (χ0v) is 17.5. The van der Waals surface area contributed by atoms with Gasteiger partial charge in [-0.3, -0.25) is 4.79 Å². The Morgan fingerprint density at radius 1 is 0.938 bits per heavy atom. The highest BCUT2D eigenvalue weighted by Gasteiger charge is 2.21. The third-order valence-corrected chi connectivity index (χ3v) is 5.03. The van der Waals surface area contributed by atoms with Gasteiger partial charge in [0.1, 0.15) is 17.5 Å².